The van der Waals surface area contributed by atoms with Gasteiger partial charge in [0.15, 0.2) is 5.78 Å². The highest BCUT2D eigenvalue weighted by atomic mass is 16.2. The summed E-state index contributed by atoms with van der Waals surface area (Å²) in [6, 6.07) is 16.1. The van der Waals surface area contributed by atoms with Crippen LogP contribution in [0.25, 0.3) is 0 Å². The Morgan fingerprint density at radius 3 is 2.42 bits per heavy atom. The maximum atomic E-state index is 13.6. The van der Waals surface area contributed by atoms with Gasteiger partial charge in [0, 0.05) is 31.4 Å². The van der Waals surface area contributed by atoms with Gasteiger partial charge in [0.25, 0.3) is 5.91 Å². The Labute approximate surface area is 193 Å². The van der Waals surface area contributed by atoms with Gasteiger partial charge in [-0.1, -0.05) is 55.0 Å². The van der Waals surface area contributed by atoms with Crippen molar-refractivity contribution >= 4 is 23.4 Å². The number of anilines is 1. The predicted octanol–water partition coefficient (Wildman–Crippen LogP) is 2.11. The largest absolute Gasteiger partial charge is 0.343 e. The predicted molar refractivity (Wildman–Crippen MR) is 125 cm³/mol. The van der Waals surface area contributed by atoms with Crippen molar-refractivity contribution in [2.45, 2.75) is 32.3 Å². The number of Topliss-reactive ketones (excluding diaryl/α,β-unsaturated/α-hetero) is 1. The average molecular weight is 448 g/mol. The van der Waals surface area contributed by atoms with Crippen LogP contribution in [-0.4, -0.2) is 77.6 Å². The summed E-state index contributed by atoms with van der Waals surface area (Å²) < 4.78 is 0. The van der Waals surface area contributed by atoms with E-state index in [1.54, 1.807) is 36.2 Å². The van der Waals surface area contributed by atoms with Crippen LogP contribution >= 0.6 is 0 Å². The van der Waals surface area contributed by atoms with E-state index < -0.39 is 18.2 Å². The number of imide groups is 1. The molecule has 4 atom stereocenters. The molecule has 3 saturated heterocycles. The highest BCUT2D eigenvalue weighted by molar-refractivity contribution is 6.07. The second-order valence-electron chi connectivity index (χ2n) is 9.33. The van der Waals surface area contributed by atoms with E-state index in [4.69, 9.17) is 0 Å². The second-order valence-corrected chi connectivity index (χ2v) is 9.33. The lowest BCUT2D eigenvalue weighted by molar-refractivity contribution is -0.138. The molecule has 3 fully saturated rings. The molecule has 5 rings (SSSR count). The van der Waals surface area contributed by atoms with Crippen molar-refractivity contribution in [3.8, 4) is 0 Å². The number of carbonyl (C=O) groups excluding carboxylic acids is 3. The van der Waals surface area contributed by atoms with Gasteiger partial charge in [0.05, 0.1) is 6.54 Å². The summed E-state index contributed by atoms with van der Waals surface area (Å²) in [7, 11) is 1.69. The molecule has 0 spiro atoms. The number of benzene rings is 2. The summed E-state index contributed by atoms with van der Waals surface area (Å²) in [5.74, 6) is -0.237. The normalized spacial score (nSPS) is 27.5. The molecule has 0 bridgehead atoms. The van der Waals surface area contributed by atoms with E-state index in [1.165, 1.54) is 5.56 Å². The van der Waals surface area contributed by atoms with Crippen LogP contribution in [0.1, 0.15) is 22.8 Å². The maximum absolute atomic E-state index is 13.6. The molecule has 0 radical (unpaired) electrons. The van der Waals surface area contributed by atoms with Crippen LogP contribution in [0.3, 0.4) is 0 Å². The Morgan fingerprint density at radius 1 is 1.03 bits per heavy atom. The van der Waals surface area contributed by atoms with Crippen LogP contribution in [0.15, 0.2) is 54.6 Å². The summed E-state index contributed by atoms with van der Waals surface area (Å²) in [4.78, 5) is 46.6. The number of nitrogens with zero attached hydrogens (tertiary/aromatic N) is 4. The second kappa shape index (κ2) is 8.28. The van der Waals surface area contributed by atoms with Gasteiger partial charge in [-0.25, -0.2) is 4.79 Å². The van der Waals surface area contributed by atoms with Gasteiger partial charge < -0.3 is 9.80 Å². The average Bonchev–Trinajstić information content (AvgIpc) is 3.20. The van der Waals surface area contributed by atoms with E-state index in [0.717, 1.165) is 23.7 Å². The number of hydrogen-bond acceptors (Lipinski definition) is 6. The zero-order chi connectivity index (χ0) is 23.3. The molecule has 3 amide bonds. The summed E-state index contributed by atoms with van der Waals surface area (Å²) in [6.45, 7) is 5.55. The Hall–Kier alpha value is -3.23. The van der Waals surface area contributed by atoms with E-state index >= 15 is 0 Å². The highest BCUT2D eigenvalue weighted by Gasteiger charge is 2.57. The molecular formula is C25H29N5O3. The zero-order valence-corrected chi connectivity index (χ0v) is 19.1. The minimum Gasteiger partial charge on any atom is -0.343 e. The Bertz CT molecular complexity index is 1070. The first kappa shape index (κ1) is 21.6. The number of carbonyl (C=O) groups is 3. The van der Waals surface area contributed by atoms with Crippen LogP contribution in [0.4, 0.5) is 10.5 Å². The molecule has 8 nitrogen and oxygen atoms in total. The number of rotatable bonds is 4. The monoisotopic (exact) mass is 447 g/mol. The zero-order valence-electron chi connectivity index (χ0n) is 19.1. The Balaban J connectivity index is 1.43. The summed E-state index contributed by atoms with van der Waals surface area (Å²) in [5.41, 5.74) is 2.75. The van der Waals surface area contributed by atoms with E-state index in [-0.39, 0.29) is 24.5 Å². The quantitative estimate of drug-likeness (QED) is 0.724. The fourth-order valence-corrected chi connectivity index (χ4v) is 5.16. The summed E-state index contributed by atoms with van der Waals surface area (Å²) in [6.07, 6.45) is -0.654. The standard InChI is InChI=1S/C25H29N5O3/c1-16-9-11-19(12-10-16)28-13-17(2)14-29-21-22(26-24(28)29)27(3)25(33)30(23(21)32)15-20(31)18-7-5-4-6-8-18/h4-12,17,21-22,24,26H,13-15H2,1-3H3. The molecular weight excluding hydrogens is 418 g/mol. The maximum Gasteiger partial charge on any atom is 0.328 e. The topological polar surface area (TPSA) is 76.2 Å². The SMILES string of the molecule is Cc1ccc(N2CC(C)CN3C4C(=O)N(CC(=O)c5ccccc5)C(=O)N(C)C4NC23)cc1. The van der Waals surface area contributed by atoms with Crippen LogP contribution in [0.5, 0.6) is 0 Å². The minimum absolute atomic E-state index is 0.206. The van der Waals surface area contributed by atoms with Crippen molar-refractivity contribution in [3.05, 3.63) is 65.7 Å². The number of hydrogen-bond donors (Lipinski definition) is 1. The summed E-state index contributed by atoms with van der Waals surface area (Å²) in [5, 5.41) is 3.52. The number of nitrogens with one attached hydrogen (secondary N) is 1. The highest BCUT2D eigenvalue weighted by Crippen LogP contribution is 2.34. The number of likely N-dealkylation sites (N-methyl/N-ethyl adjacent to an activating group) is 1. The number of fused-ring (bicyclic) bond motifs is 3. The lowest BCUT2D eigenvalue weighted by atomic mass is 10.0. The van der Waals surface area contributed by atoms with Crippen molar-refractivity contribution < 1.29 is 14.4 Å². The number of amides is 3. The molecule has 3 heterocycles. The molecule has 0 aliphatic carbocycles. The first-order valence-electron chi connectivity index (χ1n) is 11.4. The molecule has 0 saturated carbocycles. The van der Waals surface area contributed by atoms with Gasteiger partial charge in [-0.2, -0.15) is 0 Å². The van der Waals surface area contributed by atoms with Gasteiger partial charge in [0.2, 0.25) is 0 Å². The van der Waals surface area contributed by atoms with Crippen LogP contribution in [0, 0.1) is 12.8 Å². The van der Waals surface area contributed by atoms with Crippen LogP contribution in [0.2, 0.25) is 0 Å². The number of aryl methyl sites for hydroxylation is 1. The fourth-order valence-electron chi connectivity index (χ4n) is 5.16. The molecule has 3 aliphatic heterocycles. The Morgan fingerprint density at radius 2 is 1.73 bits per heavy atom. The molecule has 4 unspecified atom stereocenters. The van der Waals surface area contributed by atoms with Crippen LogP contribution < -0.4 is 10.2 Å². The van der Waals surface area contributed by atoms with Gasteiger partial charge in [-0.05, 0) is 25.0 Å². The third-order valence-electron chi connectivity index (χ3n) is 6.85. The number of ketones is 1. The third kappa shape index (κ3) is 3.69. The molecule has 33 heavy (non-hydrogen) atoms. The van der Waals surface area contributed by atoms with E-state index in [2.05, 4.69) is 53.2 Å². The molecule has 172 valence electrons. The lowest BCUT2D eigenvalue weighted by Gasteiger charge is -2.46. The van der Waals surface area contributed by atoms with Crippen molar-refractivity contribution in [1.29, 1.82) is 0 Å². The van der Waals surface area contributed by atoms with Crippen molar-refractivity contribution in [2.24, 2.45) is 5.92 Å². The van der Waals surface area contributed by atoms with E-state index in [9.17, 15) is 14.4 Å². The molecule has 3 aliphatic rings. The molecule has 8 heteroatoms. The minimum atomic E-state index is -0.544. The van der Waals surface area contributed by atoms with E-state index in [1.807, 2.05) is 6.07 Å². The molecule has 2 aromatic rings. The van der Waals surface area contributed by atoms with Crippen molar-refractivity contribution in [2.75, 3.05) is 31.6 Å². The fraction of sp³-hybridized carbons (Fsp3) is 0.400. The smallest absolute Gasteiger partial charge is 0.328 e. The van der Waals surface area contributed by atoms with Gasteiger partial charge in [-0.15, -0.1) is 0 Å². The first-order valence-corrected chi connectivity index (χ1v) is 11.4. The molecule has 1 N–H and O–H groups in total. The first-order chi connectivity index (χ1) is 15.8. The van der Waals surface area contributed by atoms with Crippen molar-refractivity contribution in [3.63, 3.8) is 0 Å². The van der Waals surface area contributed by atoms with Gasteiger partial charge in [-0.3, -0.25) is 24.7 Å². The Kier molecular flexibility index (Phi) is 5.42. The molecule has 2 aromatic carbocycles. The van der Waals surface area contributed by atoms with Gasteiger partial charge in [0.1, 0.15) is 18.5 Å². The lowest BCUT2D eigenvalue weighted by Crippen LogP contribution is -2.67. The van der Waals surface area contributed by atoms with Gasteiger partial charge >= 0.3 is 6.03 Å². The third-order valence-corrected chi connectivity index (χ3v) is 6.85. The van der Waals surface area contributed by atoms with E-state index in [0.29, 0.717) is 11.5 Å². The summed E-state index contributed by atoms with van der Waals surface area (Å²) >= 11 is 0. The van der Waals surface area contributed by atoms with Crippen LogP contribution in [-0.2, 0) is 4.79 Å². The van der Waals surface area contributed by atoms with Crippen molar-refractivity contribution in [1.82, 2.24) is 20.0 Å². The number of urea groups is 1. The molecule has 0 aromatic heterocycles.